The summed E-state index contributed by atoms with van der Waals surface area (Å²) in [6, 6.07) is 19.0. The largest absolute Gasteiger partial charge is 0.463 e. The number of nitrogens with zero attached hydrogens (tertiary/aromatic N) is 3. The number of hydrogen-bond acceptors (Lipinski definition) is 27. The molecular formula is C65H66N3O27+3. The van der Waals surface area contributed by atoms with Gasteiger partial charge in [0.05, 0.1) is 0 Å². The average Bonchev–Trinajstić information content (AvgIpc) is 1.68. The number of benzene rings is 2. The highest BCUT2D eigenvalue weighted by molar-refractivity contribution is 5.92. The molecule has 30 nitrogen and oxygen atoms in total. The van der Waals surface area contributed by atoms with Crippen LogP contribution in [0.25, 0.3) is 12.2 Å². The first-order valence-electron chi connectivity index (χ1n) is 29.2. The lowest BCUT2D eigenvalue weighted by atomic mass is 10.1. The molecule has 0 N–H and O–H groups in total. The summed E-state index contributed by atoms with van der Waals surface area (Å²) in [5.41, 5.74) is 0.695. The fraction of sp³-hybridized carbons (Fsp3) is 0.369. The maximum absolute atomic E-state index is 14.2. The molecule has 2 aromatic carbocycles. The van der Waals surface area contributed by atoms with Crippen molar-refractivity contribution in [2.75, 3.05) is 19.8 Å². The molecule has 0 radical (unpaired) electrons. The molecule has 0 unspecified atom stereocenters. The van der Waals surface area contributed by atoms with Gasteiger partial charge >= 0.3 is 90.3 Å². The summed E-state index contributed by atoms with van der Waals surface area (Å²) in [7, 11) is 0. The highest BCUT2D eigenvalue weighted by atomic mass is 16.7. The summed E-state index contributed by atoms with van der Waals surface area (Å²) >= 11 is 0. The molecule has 3 fully saturated rings. The summed E-state index contributed by atoms with van der Waals surface area (Å²) < 4.78 is 88.6. The highest BCUT2D eigenvalue weighted by Gasteiger charge is 2.57. The van der Waals surface area contributed by atoms with E-state index >= 15 is 0 Å². The smallest absolute Gasteiger partial charge is 0.349 e. The number of pyridine rings is 3. The number of rotatable bonds is 23. The molecule has 12 atom stereocenters. The quantitative estimate of drug-likeness (QED) is 0.0297. The molecule has 3 aliphatic heterocycles. The van der Waals surface area contributed by atoms with E-state index in [-0.39, 0.29) is 53.8 Å². The molecule has 5 aromatic rings. The van der Waals surface area contributed by atoms with Crippen LogP contribution in [0.4, 0.5) is 0 Å². The van der Waals surface area contributed by atoms with Gasteiger partial charge in [-0.05, 0) is 53.6 Å². The Hall–Kier alpha value is -10.9. The highest BCUT2D eigenvalue weighted by Crippen LogP contribution is 2.35. The van der Waals surface area contributed by atoms with Crippen LogP contribution in [0.2, 0.25) is 0 Å². The van der Waals surface area contributed by atoms with Crippen molar-refractivity contribution < 1.29 is 142 Å². The van der Waals surface area contributed by atoms with Crippen molar-refractivity contribution in [1.29, 1.82) is 0 Å². The predicted octanol–water partition coefficient (Wildman–Crippen LogP) is 3.35. The van der Waals surface area contributed by atoms with E-state index in [0.717, 1.165) is 55.4 Å². The topological polar surface area (TPSA) is 355 Å². The van der Waals surface area contributed by atoms with Crippen LogP contribution in [0.1, 0.15) is 123 Å². The molecule has 3 aliphatic rings. The maximum Gasteiger partial charge on any atom is 0.349 e. The lowest BCUT2D eigenvalue weighted by molar-refractivity contribution is -0.765. The van der Waals surface area contributed by atoms with Gasteiger partial charge in [-0.25, -0.2) is 14.4 Å². The number of hydrogen-bond donors (Lipinski definition) is 0. The Labute approximate surface area is 541 Å². The number of carbonyl (C=O) groups excluding carboxylic acids is 12. The minimum Gasteiger partial charge on any atom is -0.463 e. The first kappa shape index (κ1) is 70.0. The second kappa shape index (κ2) is 31.7. The molecule has 0 amide bonds. The fourth-order valence-electron chi connectivity index (χ4n) is 10.3. The molecule has 0 aliphatic carbocycles. The van der Waals surface area contributed by atoms with Gasteiger partial charge in [0, 0.05) is 86.6 Å². The molecule has 95 heavy (non-hydrogen) atoms. The van der Waals surface area contributed by atoms with E-state index < -0.39 is 145 Å². The maximum atomic E-state index is 14.2. The average molecular weight is 1320 g/mol. The van der Waals surface area contributed by atoms with Crippen LogP contribution in [0.15, 0.2) is 116 Å². The molecule has 6 heterocycles. The fourth-order valence-corrected chi connectivity index (χ4v) is 10.3. The van der Waals surface area contributed by atoms with E-state index in [9.17, 15) is 57.5 Å². The lowest BCUT2D eigenvalue weighted by Gasteiger charge is -2.21. The van der Waals surface area contributed by atoms with Crippen molar-refractivity contribution >= 4 is 83.8 Å². The van der Waals surface area contributed by atoms with Gasteiger partial charge in [0.25, 0.3) is 0 Å². The van der Waals surface area contributed by atoms with Crippen LogP contribution in [-0.2, 0) is 100.0 Å². The van der Waals surface area contributed by atoms with Crippen LogP contribution in [0, 0.1) is 0 Å². The third kappa shape index (κ3) is 19.1. The van der Waals surface area contributed by atoms with Crippen LogP contribution >= 0.6 is 0 Å². The van der Waals surface area contributed by atoms with Crippen molar-refractivity contribution in [1.82, 2.24) is 0 Å². The van der Waals surface area contributed by atoms with Crippen molar-refractivity contribution in [3.63, 3.8) is 0 Å². The molecule has 0 saturated carbocycles. The van der Waals surface area contributed by atoms with Gasteiger partial charge in [-0.2, -0.15) is 13.7 Å². The Morgan fingerprint density at radius 3 is 0.926 bits per heavy atom. The first-order chi connectivity index (χ1) is 45.2. The van der Waals surface area contributed by atoms with Gasteiger partial charge in [0.2, 0.25) is 18.3 Å². The summed E-state index contributed by atoms with van der Waals surface area (Å²) in [6.07, 6.45) is -2.76. The Kier molecular flexibility index (Phi) is 23.3. The van der Waals surface area contributed by atoms with Crippen molar-refractivity contribution in [2.45, 2.75) is 136 Å². The van der Waals surface area contributed by atoms with E-state index in [1.807, 2.05) is 0 Å². The zero-order chi connectivity index (χ0) is 68.8. The zero-order valence-corrected chi connectivity index (χ0v) is 52.5. The van der Waals surface area contributed by atoms with Gasteiger partial charge < -0.3 is 71.1 Å². The SMILES string of the molecule is CC(=O)OC[C@H]1O[C@@H]([n+]2cccc(C(=O)Oc3ccc(/C=C/c4cc(OC(=O)c5ccc[n+]([C@@H]6O[C@H](COC(C)=O)[C@@H](OC(C)=O)[C@H]6OC(C)=O)c5)cc(OC(=O)c5ccc[n+]([C@@H]6O[C@H](COC(C)=O)[C@@H](OC(C)=O)[C@H]6OC(C)=O)c5)c4)cc3)c2)[C@H](OC(C)=O)[C@@H]1OC(C)=O. The van der Waals surface area contributed by atoms with Crippen LogP contribution in [-0.4, -0.2) is 146 Å². The summed E-state index contributed by atoms with van der Waals surface area (Å²) in [5, 5.41) is 0. The molecular weight excluding hydrogens is 1250 g/mol. The van der Waals surface area contributed by atoms with Gasteiger partial charge in [0.1, 0.15) is 72.1 Å². The van der Waals surface area contributed by atoms with Crippen molar-refractivity contribution in [2.24, 2.45) is 0 Å². The molecule has 0 spiro atoms. The summed E-state index contributed by atoms with van der Waals surface area (Å²) in [4.78, 5) is 151. The normalized spacial score (nSPS) is 22.6. The van der Waals surface area contributed by atoms with Gasteiger partial charge in [0.15, 0.2) is 55.5 Å². The molecule has 30 heteroatoms. The minimum absolute atomic E-state index is 0.0247. The minimum atomic E-state index is -1.30. The molecule has 0 bridgehead atoms. The van der Waals surface area contributed by atoms with Crippen LogP contribution < -0.4 is 27.9 Å². The number of carbonyl (C=O) groups is 12. The Balaban J connectivity index is 1.06. The van der Waals surface area contributed by atoms with E-state index in [4.69, 9.17) is 71.1 Å². The monoisotopic (exact) mass is 1320 g/mol. The van der Waals surface area contributed by atoms with E-state index in [0.29, 0.717) is 11.1 Å². The molecule has 8 rings (SSSR count). The van der Waals surface area contributed by atoms with E-state index in [2.05, 4.69) is 0 Å². The van der Waals surface area contributed by atoms with E-state index in [1.54, 1.807) is 24.3 Å². The summed E-state index contributed by atoms with van der Waals surface area (Å²) in [5.74, 6) is -9.37. The lowest BCUT2D eigenvalue weighted by Crippen LogP contribution is -2.48. The van der Waals surface area contributed by atoms with Gasteiger partial charge in [-0.3, -0.25) is 43.2 Å². The van der Waals surface area contributed by atoms with Crippen LogP contribution in [0.5, 0.6) is 17.2 Å². The Bertz CT molecular complexity index is 3650. The Morgan fingerprint density at radius 1 is 0.347 bits per heavy atom. The first-order valence-corrected chi connectivity index (χ1v) is 29.2. The Morgan fingerprint density at radius 2 is 0.632 bits per heavy atom. The second-order valence-corrected chi connectivity index (χ2v) is 21.5. The van der Waals surface area contributed by atoms with Crippen LogP contribution in [0.3, 0.4) is 0 Å². The van der Waals surface area contributed by atoms with Crippen molar-refractivity contribution in [3.8, 4) is 17.2 Å². The number of esters is 12. The van der Waals surface area contributed by atoms with Gasteiger partial charge in [-0.1, -0.05) is 24.3 Å². The predicted molar refractivity (Wildman–Crippen MR) is 312 cm³/mol. The second-order valence-electron chi connectivity index (χ2n) is 21.5. The number of ether oxygens (including phenoxy) is 15. The zero-order valence-electron chi connectivity index (χ0n) is 52.5. The van der Waals surface area contributed by atoms with Gasteiger partial charge in [-0.15, -0.1) is 0 Å². The molecule has 500 valence electrons. The molecule has 3 aromatic heterocycles. The standard InChI is InChI=1S/C65H66N3O27/c1-34(69)81-31-51-54(84-37(4)72)57(87-40(7)75)60(93-51)66-22-10-13-45(28-66)63(78)90-48-20-18-43(19-21-48)16-17-44-25-49(91-64(79)46-14-11-23-67(29-46)61-58(88-41(8)76)55(85-38(5)73)52(94-61)32-82-35(2)70)27-50(26-44)92-65(80)47-15-12-24-68(30-47)62-59(89-42(9)77)56(86-39(6)74)53(95-62)33-83-36(3)71/h10-30,51-62H,31-33H2,1-9H3/q+3/b17-16+/t51-,52-,53-,54-,55-,56-,57-,58-,59-,60-,61-,62-/m1/s1. The third-order valence-corrected chi connectivity index (χ3v) is 14.0. The van der Waals surface area contributed by atoms with Crippen molar-refractivity contribution in [3.05, 3.63) is 144 Å². The number of aromatic nitrogens is 3. The van der Waals surface area contributed by atoms with E-state index in [1.165, 1.54) is 125 Å². The molecule has 3 saturated heterocycles. The third-order valence-electron chi connectivity index (χ3n) is 14.0. The summed E-state index contributed by atoms with van der Waals surface area (Å²) in [6.45, 7) is 9.19.